The van der Waals surface area contributed by atoms with Crippen LogP contribution in [0.3, 0.4) is 0 Å². The maximum Gasteiger partial charge on any atom is 0.271 e. The molecule has 2 amide bonds. The first kappa shape index (κ1) is 14.3. The van der Waals surface area contributed by atoms with Crippen molar-refractivity contribution in [3.8, 4) is 0 Å². The first-order chi connectivity index (χ1) is 9.50. The Morgan fingerprint density at radius 2 is 2.10 bits per heavy atom. The van der Waals surface area contributed by atoms with Crippen molar-refractivity contribution in [1.29, 1.82) is 0 Å². The third kappa shape index (κ3) is 2.88. The molecule has 7 heteroatoms. The van der Waals surface area contributed by atoms with E-state index in [1.54, 1.807) is 20.2 Å². The monoisotopic (exact) mass is 278 g/mol. The number of nitrogens with one attached hydrogen (secondary N) is 2. The minimum Gasteiger partial charge on any atom is -0.347 e. The highest BCUT2D eigenvalue weighted by molar-refractivity contribution is 5.96. The number of rotatable bonds is 2. The summed E-state index contributed by atoms with van der Waals surface area (Å²) in [4.78, 5) is 41.3. The normalized spacial score (nSPS) is 18.7. The fourth-order valence-corrected chi connectivity index (χ4v) is 2.19. The van der Waals surface area contributed by atoms with Crippen molar-refractivity contribution >= 4 is 11.8 Å². The molecule has 0 spiro atoms. The predicted molar refractivity (Wildman–Crippen MR) is 73.5 cm³/mol. The molecule has 2 heterocycles. The van der Waals surface area contributed by atoms with E-state index in [0.29, 0.717) is 19.6 Å². The highest BCUT2D eigenvalue weighted by Gasteiger charge is 2.33. The summed E-state index contributed by atoms with van der Waals surface area (Å²) in [7, 11) is 3.31. The Hall–Kier alpha value is -2.15. The first-order valence-corrected chi connectivity index (χ1v) is 6.43. The van der Waals surface area contributed by atoms with Crippen LogP contribution in [0.1, 0.15) is 10.5 Å². The van der Waals surface area contributed by atoms with Crippen molar-refractivity contribution in [1.82, 2.24) is 20.1 Å². The molecule has 0 aliphatic carbocycles. The summed E-state index contributed by atoms with van der Waals surface area (Å²) in [6.07, 6.45) is 0. The molecule has 1 aromatic heterocycles. The third-order valence-electron chi connectivity index (χ3n) is 3.23. The zero-order chi connectivity index (χ0) is 14.7. The van der Waals surface area contributed by atoms with Crippen LogP contribution in [0.15, 0.2) is 23.0 Å². The number of H-pyrrole nitrogens is 1. The number of amides is 2. The van der Waals surface area contributed by atoms with Crippen LogP contribution < -0.4 is 10.9 Å². The van der Waals surface area contributed by atoms with Crippen LogP contribution in [0.4, 0.5) is 0 Å². The molecule has 1 atom stereocenters. The number of hydrogen-bond donors (Lipinski definition) is 2. The number of carbonyl (C=O) groups excluding carboxylic acids is 2. The fraction of sp³-hybridized carbons (Fsp3) is 0.462. The Labute approximate surface area is 116 Å². The molecule has 1 aliphatic heterocycles. The predicted octanol–water partition coefficient (Wildman–Crippen LogP) is -1.12. The summed E-state index contributed by atoms with van der Waals surface area (Å²) in [6.45, 7) is 1.47. The van der Waals surface area contributed by atoms with E-state index in [0.717, 1.165) is 0 Å². The Morgan fingerprint density at radius 1 is 1.35 bits per heavy atom. The summed E-state index contributed by atoms with van der Waals surface area (Å²) in [5.41, 5.74) is -0.127. The maximum atomic E-state index is 12.4. The summed E-state index contributed by atoms with van der Waals surface area (Å²) in [5.74, 6) is -0.465. The average Bonchev–Trinajstić information content (AvgIpc) is 2.45. The van der Waals surface area contributed by atoms with Crippen LogP contribution in [0.25, 0.3) is 0 Å². The molecule has 0 bridgehead atoms. The number of aromatic amines is 1. The molecule has 1 unspecified atom stereocenters. The van der Waals surface area contributed by atoms with Crippen molar-refractivity contribution in [2.75, 3.05) is 33.7 Å². The van der Waals surface area contributed by atoms with E-state index < -0.39 is 6.04 Å². The van der Waals surface area contributed by atoms with Gasteiger partial charge in [-0.15, -0.1) is 0 Å². The van der Waals surface area contributed by atoms with E-state index in [2.05, 4.69) is 10.3 Å². The minimum absolute atomic E-state index is 0.135. The van der Waals surface area contributed by atoms with Gasteiger partial charge in [0.25, 0.3) is 5.91 Å². The van der Waals surface area contributed by atoms with Crippen molar-refractivity contribution < 1.29 is 9.59 Å². The van der Waals surface area contributed by atoms with Gasteiger partial charge in [-0.05, 0) is 6.07 Å². The second-order valence-corrected chi connectivity index (χ2v) is 4.88. The van der Waals surface area contributed by atoms with Gasteiger partial charge in [0, 0.05) is 39.8 Å². The van der Waals surface area contributed by atoms with Crippen LogP contribution in [-0.2, 0) is 4.79 Å². The van der Waals surface area contributed by atoms with Gasteiger partial charge in [0.2, 0.25) is 11.5 Å². The van der Waals surface area contributed by atoms with E-state index >= 15 is 0 Å². The van der Waals surface area contributed by atoms with Crippen molar-refractivity contribution in [3.05, 3.63) is 34.2 Å². The Morgan fingerprint density at radius 3 is 2.75 bits per heavy atom. The van der Waals surface area contributed by atoms with Gasteiger partial charge in [0.15, 0.2) is 0 Å². The van der Waals surface area contributed by atoms with Gasteiger partial charge < -0.3 is 20.1 Å². The lowest BCUT2D eigenvalue weighted by Crippen LogP contribution is -2.59. The molecule has 1 aliphatic rings. The number of aromatic nitrogens is 1. The van der Waals surface area contributed by atoms with Crippen LogP contribution >= 0.6 is 0 Å². The topological polar surface area (TPSA) is 85.5 Å². The Balaban J connectivity index is 2.26. The molecule has 108 valence electrons. The lowest BCUT2D eigenvalue weighted by atomic mass is 10.1. The van der Waals surface area contributed by atoms with Gasteiger partial charge in [-0.25, -0.2) is 0 Å². The Bertz CT molecular complexity index is 567. The van der Waals surface area contributed by atoms with E-state index in [9.17, 15) is 14.4 Å². The number of pyridine rings is 1. The van der Waals surface area contributed by atoms with E-state index in [1.165, 1.54) is 21.9 Å². The maximum absolute atomic E-state index is 12.4. The van der Waals surface area contributed by atoms with Crippen molar-refractivity contribution in [3.63, 3.8) is 0 Å². The van der Waals surface area contributed by atoms with Crippen molar-refractivity contribution in [2.24, 2.45) is 0 Å². The van der Waals surface area contributed by atoms with Crippen LogP contribution in [-0.4, -0.2) is 66.4 Å². The molecule has 20 heavy (non-hydrogen) atoms. The van der Waals surface area contributed by atoms with Gasteiger partial charge in [0.05, 0.1) is 0 Å². The lowest BCUT2D eigenvalue weighted by Gasteiger charge is -2.36. The second-order valence-electron chi connectivity index (χ2n) is 4.88. The van der Waals surface area contributed by atoms with E-state index in [-0.39, 0.29) is 23.1 Å². The highest BCUT2D eigenvalue weighted by atomic mass is 16.2. The number of piperazine rings is 1. The summed E-state index contributed by atoms with van der Waals surface area (Å²) >= 11 is 0. The molecular weight excluding hydrogens is 260 g/mol. The summed E-state index contributed by atoms with van der Waals surface area (Å²) < 4.78 is 0. The molecule has 0 radical (unpaired) electrons. The molecule has 0 aromatic carbocycles. The quantitative estimate of drug-likeness (QED) is 0.717. The minimum atomic E-state index is -0.546. The second kappa shape index (κ2) is 5.87. The van der Waals surface area contributed by atoms with E-state index in [4.69, 9.17) is 0 Å². The molecule has 7 nitrogen and oxygen atoms in total. The van der Waals surface area contributed by atoms with Crippen LogP contribution in [0, 0.1) is 0 Å². The van der Waals surface area contributed by atoms with Gasteiger partial charge in [-0.1, -0.05) is 6.07 Å². The van der Waals surface area contributed by atoms with Crippen LogP contribution in [0.2, 0.25) is 0 Å². The highest BCUT2D eigenvalue weighted by Crippen LogP contribution is 2.10. The largest absolute Gasteiger partial charge is 0.347 e. The molecule has 2 rings (SSSR count). The first-order valence-electron chi connectivity index (χ1n) is 6.43. The zero-order valence-corrected chi connectivity index (χ0v) is 11.5. The zero-order valence-electron chi connectivity index (χ0n) is 11.5. The molecule has 1 fully saturated rings. The van der Waals surface area contributed by atoms with Gasteiger partial charge in [-0.3, -0.25) is 14.4 Å². The smallest absolute Gasteiger partial charge is 0.271 e. The molecule has 0 saturated carbocycles. The van der Waals surface area contributed by atoms with Crippen LogP contribution in [0.5, 0.6) is 0 Å². The van der Waals surface area contributed by atoms with Gasteiger partial charge in [0.1, 0.15) is 11.7 Å². The molecule has 1 aromatic rings. The molecule has 2 N–H and O–H groups in total. The summed E-state index contributed by atoms with van der Waals surface area (Å²) in [6, 6.07) is 3.87. The number of likely N-dealkylation sites (N-methyl/N-ethyl adjacent to an activating group) is 1. The molecular formula is C13H18N4O3. The lowest BCUT2D eigenvalue weighted by molar-refractivity contribution is -0.134. The fourth-order valence-electron chi connectivity index (χ4n) is 2.19. The Kier molecular flexibility index (Phi) is 4.19. The van der Waals surface area contributed by atoms with E-state index in [1.807, 2.05) is 0 Å². The SMILES string of the molecule is CN(C)C(=O)C1CNCCN1C(=O)c1cccc(=O)[nH]1. The number of nitrogens with zero attached hydrogens (tertiary/aromatic N) is 2. The van der Waals surface area contributed by atoms with Gasteiger partial charge in [-0.2, -0.15) is 0 Å². The van der Waals surface area contributed by atoms with Gasteiger partial charge >= 0.3 is 0 Å². The standard InChI is InChI=1S/C13H18N4O3/c1-16(2)13(20)10-8-14-6-7-17(10)12(19)9-4-3-5-11(18)15-9/h3-5,10,14H,6-8H2,1-2H3,(H,15,18). The summed E-state index contributed by atoms with van der Waals surface area (Å²) in [5, 5.41) is 3.10. The van der Waals surface area contributed by atoms with Crippen molar-refractivity contribution in [2.45, 2.75) is 6.04 Å². The third-order valence-corrected chi connectivity index (χ3v) is 3.23. The molecule has 1 saturated heterocycles. The number of carbonyl (C=O) groups is 2. The average molecular weight is 278 g/mol. The number of hydrogen-bond acceptors (Lipinski definition) is 4.